The summed E-state index contributed by atoms with van der Waals surface area (Å²) < 4.78 is 16.8. The molecule has 0 aliphatic carbocycles. The minimum atomic E-state index is -2.50. The Balaban J connectivity index is 4.35. The Hall–Kier alpha value is 0.491. The minimum absolute atomic E-state index is 1.65. The van der Waals surface area contributed by atoms with Crippen molar-refractivity contribution in [2.24, 2.45) is 0 Å². The zero-order valence-corrected chi connectivity index (χ0v) is 13.2. The molecular formula is C7H22O4Si3. The van der Waals surface area contributed by atoms with Gasteiger partial charge in [0, 0.05) is 7.11 Å². The molecule has 4 nitrogen and oxygen atoms in total. The smallest absolute Gasteiger partial charge is 0.322 e. The van der Waals surface area contributed by atoms with Gasteiger partial charge in [-0.25, -0.2) is 0 Å². The lowest BCUT2D eigenvalue weighted by atomic mass is 11.8. The lowest BCUT2D eigenvalue weighted by Gasteiger charge is -2.35. The van der Waals surface area contributed by atoms with E-state index in [1.54, 1.807) is 20.2 Å². The monoisotopic (exact) mass is 254 g/mol. The Labute approximate surface area is 89.9 Å². The second-order valence-corrected chi connectivity index (χ2v) is 15.2. The molecule has 0 amide bonds. The van der Waals surface area contributed by atoms with E-state index in [4.69, 9.17) is 12.7 Å². The van der Waals surface area contributed by atoms with Crippen molar-refractivity contribution in [3.8, 4) is 0 Å². The topological polar surface area (TPSA) is 47.9 Å². The third-order valence-electron chi connectivity index (χ3n) is 1.48. The van der Waals surface area contributed by atoms with Gasteiger partial charge in [0.1, 0.15) is 0 Å². The van der Waals surface area contributed by atoms with Crippen LogP contribution in [0.3, 0.4) is 0 Å². The summed E-state index contributed by atoms with van der Waals surface area (Å²) in [5.41, 5.74) is 0. The molecule has 0 bridgehead atoms. The van der Waals surface area contributed by atoms with Crippen molar-refractivity contribution in [3.05, 3.63) is 0 Å². The highest BCUT2D eigenvalue weighted by Crippen LogP contribution is 2.19. The zero-order chi connectivity index (χ0) is 11.6. The molecule has 0 aromatic rings. The van der Waals surface area contributed by atoms with E-state index in [9.17, 15) is 4.80 Å². The van der Waals surface area contributed by atoms with Gasteiger partial charge in [-0.1, -0.05) is 0 Å². The summed E-state index contributed by atoms with van der Waals surface area (Å²) in [6.45, 7) is 11.3. The molecule has 1 N–H and O–H groups in total. The SMILES string of the molecule is CO[Si](C)(C)O[Si](C)(C)O[Si](C)(C)O. The van der Waals surface area contributed by atoms with Crippen LogP contribution in [0.25, 0.3) is 0 Å². The van der Waals surface area contributed by atoms with Crippen LogP contribution in [0.5, 0.6) is 0 Å². The van der Waals surface area contributed by atoms with Crippen LogP contribution >= 0.6 is 0 Å². The summed E-state index contributed by atoms with van der Waals surface area (Å²) in [4.78, 5) is 9.67. The van der Waals surface area contributed by atoms with Gasteiger partial charge in [-0.2, -0.15) is 0 Å². The zero-order valence-electron chi connectivity index (χ0n) is 10.2. The molecule has 0 atom stereocenters. The van der Waals surface area contributed by atoms with Gasteiger partial charge in [-0.3, -0.25) is 0 Å². The standard InChI is InChI=1S/C7H22O4Si3/c1-9-13(4,5)11-14(6,7)10-12(2,3)8/h8H,1-7H3. The van der Waals surface area contributed by atoms with Crippen molar-refractivity contribution in [1.29, 1.82) is 0 Å². The molecule has 7 heteroatoms. The van der Waals surface area contributed by atoms with Crippen molar-refractivity contribution in [3.63, 3.8) is 0 Å². The molecule has 0 unspecified atom stereocenters. The van der Waals surface area contributed by atoms with E-state index in [-0.39, 0.29) is 0 Å². The highest BCUT2D eigenvalue weighted by molar-refractivity contribution is 6.84. The van der Waals surface area contributed by atoms with Crippen molar-refractivity contribution >= 4 is 25.7 Å². The molecule has 86 valence electrons. The summed E-state index contributed by atoms with van der Waals surface area (Å²) in [7, 11) is -5.16. The summed E-state index contributed by atoms with van der Waals surface area (Å²) in [5, 5.41) is 0. The summed E-state index contributed by atoms with van der Waals surface area (Å²) in [6.07, 6.45) is 0. The van der Waals surface area contributed by atoms with Gasteiger partial charge in [0.05, 0.1) is 0 Å². The first-order valence-electron chi connectivity index (χ1n) is 4.65. The third kappa shape index (κ3) is 6.87. The largest absolute Gasteiger partial charge is 0.416 e. The van der Waals surface area contributed by atoms with Gasteiger partial charge in [-0.15, -0.1) is 0 Å². The fourth-order valence-electron chi connectivity index (χ4n) is 1.26. The molecule has 0 aromatic carbocycles. The minimum Gasteiger partial charge on any atom is -0.416 e. The van der Waals surface area contributed by atoms with Gasteiger partial charge in [0.2, 0.25) is 0 Å². The molecule has 0 aliphatic rings. The second kappa shape index (κ2) is 4.56. The number of hydrogen-bond donors (Lipinski definition) is 1. The average Bonchev–Trinajstić information content (AvgIpc) is 1.78. The summed E-state index contributed by atoms with van der Waals surface area (Å²) in [6, 6.07) is 0. The summed E-state index contributed by atoms with van der Waals surface area (Å²) >= 11 is 0. The van der Waals surface area contributed by atoms with E-state index < -0.39 is 25.7 Å². The first kappa shape index (κ1) is 14.5. The van der Waals surface area contributed by atoms with Gasteiger partial charge in [0.25, 0.3) is 0 Å². The highest BCUT2D eigenvalue weighted by Gasteiger charge is 2.39. The first-order chi connectivity index (χ1) is 5.97. The quantitative estimate of drug-likeness (QED) is 0.760. The van der Waals surface area contributed by atoms with Crippen molar-refractivity contribution < 1.29 is 17.5 Å². The molecule has 0 rings (SSSR count). The Kier molecular flexibility index (Phi) is 4.72. The van der Waals surface area contributed by atoms with Crippen LogP contribution in [-0.4, -0.2) is 37.6 Å². The highest BCUT2D eigenvalue weighted by atomic mass is 28.5. The van der Waals surface area contributed by atoms with E-state index in [0.717, 1.165) is 0 Å². The lowest BCUT2D eigenvalue weighted by Crippen LogP contribution is -2.53. The molecule has 0 heterocycles. The predicted molar refractivity (Wildman–Crippen MR) is 63.8 cm³/mol. The van der Waals surface area contributed by atoms with Gasteiger partial charge in [0.15, 0.2) is 0 Å². The maximum atomic E-state index is 9.67. The molecule has 0 aliphatic heterocycles. The predicted octanol–water partition coefficient (Wildman–Crippen LogP) is 1.76. The van der Waals surface area contributed by atoms with Crippen LogP contribution in [0.4, 0.5) is 0 Å². The molecule has 0 saturated carbocycles. The average molecular weight is 255 g/mol. The fraction of sp³-hybridized carbons (Fsp3) is 1.00. The van der Waals surface area contributed by atoms with Crippen LogP contribution < -0.4 is 0 Å². The van der Waals surface area contributed by atoms with Crippen molar-refractivity contribution in [2.45, 2.75) is 39.3 Å². The Morgan fingerprint density at radius 2 is 1.21 bits per heavy atom. The van der Waals surface area contributed by atoms with Crippen LogP contribution in [0.1, 0.15) is 0 Å². The fourth-order valence-corrected chi connectivity index (χ4v) is 11.7. The second-order valence-electron chi connectivity index (χ2n) is 4.65. The number of rotatable bonds is 5. The van der Waals surface area contributed by atoms with Crippen molar-refractivity contribution in [1.82, 2.24) is 0 Å². The van der Waals surface area contributed by atoms with Crippen LogP contribution in [-0.2, 0) is 12.7 Å². The lowest BCUT2D eigenvalue weighted by molar-refractivity contribution is 0.264. The molecule has 0 aromatic heterocycles. The molecular weight excluding hydrogens is 232 g/mol. The Bertz CT molecular complexity index is 188. The maximum Gasteiger partial charge on any atom is 0.322 e. The Morgan fingerprint density at radius 3 is 1.50 bits per heavy atom. The van der Waals surface area contributed by atoms with Gasteiger partial charge < -0.3 is 17.5 Å². The van der Waals surface area contributed by atoms with E-state index in [1.807, 2.05) is 26.2 Å². The summed E-state index contributed by atoms with van der Waals surface area (Å²) in [5.74, 6) is 0. The Morgan fingerprint density at radius 1 is 0.786 bits per heavy atom. The van der Waals surface area contributed by atoms with E-state index >= 15 is 0 Å². The molecule has 0 saturated heterocycles. The van der Waals surface area contributed by atoms with E-state index in [0.29, 0.717) is 0 Å². The molecule has 0 spiro atoms. The first-order valence-corrected chi connectivity index (χ1v) is 13.1. The van der Waals surface area contributed by atoms with Crippen LogP contribution in [0, 0.1) is 0 Å². The molecule has 0 radical (unpaired) electrons. The van der Waals surface area contributed by atoms with Crippen LogP contribution in [0.2, 0.25) is 39.3 Å². The van der Waals surface area contributed by atoms with E-state index in [1.165, 1.54) is 0 Å². The maximum absolute atomic E-state index is 9.67. The van der Waals surface area contributed by atoms with Gasteiger partial charge in [-0.05, 0) is 39.3 Å². The van der Waals surface area contributed by atoms with Gasteiger partial charge >= 0.3 is 25.7 Å². The third-order valence-corrected chi connectivity index (χ3v) is 10.4. The molecule has 0 fully saturated rings. The van der Waals surface area contributed by atoms with Crippen LogP contribution in [0.15, 0.2) is 0 Å². The van der Waals surface area contributed by atoms with E-state index in [2.05, 4.69) is 0 Å². The normalized spacial score (nSPS) is 14.6. The van der Waals surface area contributed by atoms with Crippen molar-refractivity contribution in [2.75, 3.05) is 7.11 Å². The molecule has 14 heavy (non-hydrogen) atoms. The number of hydrogen-bond acceptors (Lipinski definition) is 4.